The molecule has 0 saturated heterocycles. The van der Waals surface area contributed by atoms with Gasteiger partial charge in [0.25, 0.3) is 0 Å². The van der Waals surface area contributed by atoms with Gasteiger partial charge in [-0.1, -0.05) is 23.2 Å². The first kappa shape index (κ1) is 13.4. The van der Waals surface area contributed by atoms with Crippen LogP contribution in [0, 0.1) is 5.39 Å². The molecule has 0 bridgehead atoms. The zero-order valence-corrected chi connectivity index (χ0v) is 11.2. The minimum Gasteiger partial charge on any atom is -0.501 e. The molecule has 0 aromatic heterocycles. The molecule has 2 aromatic rings. The summed E-state index contributed by atoms with van der Waals surface area (Å²) in [7, 11) is 0. The molecule has 0 fully saturated rings. The molecular weight excluding hydrogens is 283 g/mol. The van der Waals surface area contributed by atoms with Crippen LogP contribution < -0.4 is 0 Å². The van der Waals surface area contributed by atoms with Gasteiger partial charge in [0.05, 0.1) is 5.56 Å². The first-order chi connectivity index (χ1) is 9.11. The van der Waals surface area contributed by atoms with Crippen molar-refractivity contribution in [3.8, 4) is 0 Å². The van der Waals surface area contributed by atoms with Crippen LogP contribution in [-0.2, 0) is 0 Å². The number of halogens is 2. The SMILES string of the molecule is N#[N+]/C(=C(/O)c1ccc(Cl)cc1)c1ccc(Cl)cc1. The number of rotatable bonds is 2. The number of hydrogen-bond donors (Lipinski definition) is 1. The lowest BCUT2D eigenvalue weighted by atomic mass is 10.1. The van der Waals surface area contributed by atoms with Crippen LogP contribution in [0.1, 0.15) is 11.1 Å². The Morgan fingerprint density at radius 1 is 0.842 bits per heavy atom. The summed E-state index contributed by atoms with van der Waals surface area (Å²) in [6.45, 7) is 0. The summed E-state index contributed by atoms with van der Waals surface area (Å²) in [6.07, 6.45) is 0. The monoisotopic (exact) mass is 291 g/mol. The fourth-order valence-corrected chi connectivity index (χ4v) is 1.85. The number of hydrogen-bond acceptors (Lipinski definition) is 2. The summed E-state index contributed by atoms with van der Waals surface area (Å²) in [5.74, 6) is -0.138. The van der Waals surface area contributed by atoms with Crippen molar-refractivity contribution < 1.29 is 5.11 Å². The summed E-state index contributed by atoms with van der Waals surface area (Å²) in [5.41, 5.74) is 1.13. The second-order valence-corrected chi connectivity index (χ2v) is 4.68. The van der Waals surface area contributed by atoms with Gasteiger partial charge < -0.3 is 5.11 Å². The van der Waals surface area contributed by atoms with Crippen molar-refractivity contribution in [2.24, 2.45) is 0 Å². The summed E-state index contributed by atoms with van der Waals surface area (Å²) >= 11 is 11.6. The van der Waals surface area contributed by atoms with Crippen LogP contribution >= 0.6 is 23.2 Å². The van der Waals surface area contributed by atoms with Gasteiger partial charge in [0.2, 0.25) is 11.2 Å². The standard InChI is InChI=1S/C14H8Cl2N2O/c15-11-5-1-9(2-6-11)13(18-17)14(19)10-3-7-12(16)8-4-10/h1-8H/p+1/b14-13+. The Balaban J connectivity index is 2.50. The highest BCUT2D eigenvalue weighted by Gasteiger charge is 2.22. The van der Waals surface area contributed by atoms with Crippen molar-refractivity contribution in [2.45, 2.75) is 0 Å². The predicted molar refractivity (Wildman–Crippen MR) is 77.4 cm³/mol. The second kappa shape index (κ2) is 5.75. The van der Waals surface area contributed by atoms with Gasteiger partial charge in [0, 0.05) is 15.6 Å². The third kappa shape index (κ3) is 3.05. The summed E-state index contributed by atoms with van der Waals surface area (Å²) in [4.78, 5) is 3.14. The minimum absolute atomic E-state index is 0.0685. The molecule has 1 N–H and O–H groups in total. The van der Waals surface area contributed by atoms with E-state index >= 15 is 0 Å². The average Bonchev–Trinajstić information content (AvgIpc) is 2.42. The van der Waals surface area contributed by atoms with Crippen LogP contribution in [0.4, 0.5) is 0 Å². The zero-order chi connectivity index (χ0) is 13.8. The Hall–Kier alpha value is -2.02. The van der Waals surface area contributed by atoms with E-state index in [4.69, 9.17) is 28.6 Å². The minimum atomic E-state index is -0.138. The molecule has 0 heterocycles. The predicted octanol–water partition coefficient (Wildman–Crippen LogP) is 5.23. The van der Waals surface area contributed by atoms with Gasteiger partial charge in [0.1, 0.15) is 0 Å². The lowest BCUT2D eigenvalue weighted by Gasteiger charge is -1.98. The molecule has 0 aliphatic rings. The second-order valence-electron chi connectivity index (χ2n) is 3.81. The van der Waals surface area contributed by atoms with E-state index in [2.05, 4.69) is 4.98 Å². The number of diazo groups is 1. The van der Waals surface area contributed by atoms with Crippen molar-refractivity contribution >= 4 is 34.7 Å². The van der Waals surface area contributed by atoms with E-state index in [9.17, 15) is 5.11 Å². The van der Waals surface area contributed by atoms with Crippen LogP contribution in [0.2, 0.25) is 10.0 Å². The molecule has 0 aliphatic heterocycles. The van der Waals surface area contributed by atoms with E-state index < -0.39 is 0 Å². The van der Waals surface area contributed by atoms with Crippen LogP contribution in [-0.4, -0.2) is 5.11 Å². The van der Waals surface area contributed by atoms with E-state index in [1.165, 1.54) is 0 Å². The Kier molecular flexibility index (Phi) is 4.06. The molecule has 2 aromatic carbocycles. The Morgan fingerprint density at radius 3 is 1.68 bits per heavy atom. The molecule has 94 valence electrons. The molecule has 3 nitrogen and oxygen atoms in total. The van der Waals surface area contributed by atoms with Gasteiger partial charge in [-0.2, -0.15) is 0 Å². The van der Waals surface area contributed by atoms with Crippen LogP contribution in [0.15, 0.2) is 48.5 Å². The summed E-state index contributed by atoms with van der Waals surface area (Å²) in [5, 5.41) is 20.3. The summed E-state index contributed by atoms with van der Waals surface area (Å²) in [6, 6.07) is 13.2. The molecule has 5 heteroatoms. The molecule has 0 aliphatic carbocycles. The van der Waals surface area contributed by atoms with Crippen molar-refractivity contribution in [1.82, 2.24) is 0 Å². The molecule has 0 radical (unpaired) electrons. The molecule has 0 spiro atoms. The number of nitrogens with zero attached hydrogens (tertiary/aromatic N) is 2. The number of aliphatic hydroxyl groups is 1. The first-order valence-corrected chi connectivity index (χ1v) is 6.17. The Labute approximate surface area is 120 Å². The Bertz CT molecular complexity index is 655. The third-order valence-electron chi connectivity index (χ3n) is 2.56. The maximum absolute atomic E-state index is 10.1. The maximum Gasteiger partial charge on any atom is 0.433 e. The summed E-state index contributed by atoms with van der Waals surface area (Å²) < 4.78 is 0. The lowest BCUT2D eigenvalue weighted by Crippen LogP contribution is -1.88. The molecule has 0 unspecified atom stereocenters. The first-order valence-electron chi connectivity index (χ1n) is 5.42. The molecule has 0 saturated carbocycles. The van der Waals surface area contributed by atoms with Crippen molar-refractivity contribution in [3.05, 3.63) is 74.7 Å². The van der Waals surface area contributed by atoms with E-state index in [0.29, 0.717) is 21.2 Å². The highest BCUT2D eigenvalue weighted by Crippen LogP contribution is 2.27. The molecular formula is C14H9Cl2N2O+. The van der Waals surface area contributed by atoms with Gasteiger partial charge in [0.15, 0.2) is 4.98 Å². The lowest BCUT2D eigenvalue weighted by molar-refractivity contribution is 0.514. The van der Waals surface area contributed by atoms with Gasteiger partial charge in [-0.3, -0.25) is 0 Å². The molecule has 19 heavy (non-hydrogen) atoms. The fraction of sp³-hybridized carbons (Fsp3) is 0. The van der Waals surface area contributed by atoms with E-state index in [1.54, 1.807) is 48.5 Å². The molecule has 2 rings (SSSR count). The van der Waals surface area contributed by atoms with E-state index in [1.807, 2.05) is 0 Å². The largest absolute Gasteiger partial charge is 0.501 e. The van der Waals surface area contributed by atoms with Crippen LogP contribution in [0.3, 0.4) is 0 Å². The van der Waals surface area contributed by atoms with E-state index in [0.717, 1.165) is 0 Å². The maximum atomic E-state index is 10.1. The average molecular weight is 292 g/mol. The van der Waals surface area contributed by atoms with Gasteiger partial charge >= 0.3 is 5.70 Å². The normalized spacial score (nSPS) is 11.6. The smallest absolute Gasteiger partial charge is 0.433 e. The zero-order valence-electron chi connectivity index (χ0n) is 9.72. The number of aliphatic hydroxyl groups excluding tert-OH is 1. The number of benzene rings is 2. The third-order valence-corrected chi connectivity index (χ3v) is 3.06. The van der Waals surface area contributed by atoms with Crippen LogP contribution in [0.5, 0.6) is 0 Å². The van der Waals surface area contributed by atoms with Crippen molar-refractivity contribution in [3.63, 3.8) is 0 Å². The topological polar surface area (TPSA) is 48.4 Å². The van der Waals surface area contributed by atoms with Gasteiger partial charge in [-0.25, -0.2) is 0 Å². The van der Waals surface area contributed by atoms with Gasteiger partial charge in [-0.05, 0) is 48.5 Å². The van der Waals surface area contributed by atoms with E-state index in [-0.39, 0.29) is 11.5 Å². The fourth-order valence-electron chi connectivity index (χ4n) is 1.59. The van der Waals surface area contributed by atoms with Crippen molar-refractivity contribution in [1.29, 1.82) is 5.39 Å². The highest BCUT2D eigenvalue weighted by molar-refractivity contribution is 6.30. The van der Waals surface area contributed by atoms with Gasteiger partial charge in [-0.15, -0.1) is 0 Å². The Morgan fingerprint density at radius 2 is 1.26 bits per heavy atom. The molecule has 0 amide bonds. The quantitative estimate of drug-likeness (QED) is 0.468. The highest BCUT2D eigenvalue weighted by atomic mass is 35.5. The van der Waals surface area contributed by atoms with Crippen molar-refractivity contribution in [2.75, 3.05) is 0 Å². The molecule has 0 atom stereocenters. The van der Waals surface area contributed by atoms with Crippen LogP contribution in [0.25, 0.3) is 16.4 Å².